The maximum atomic E-state index is 13.6. The van der Waals surface area contributed by atoms with Crippen molar-refractivity contribution in [3.63, 3.8) is 0 Å². The number of nitrogens with one attached hydrogen (secondary N) is 3. The van der Waals surface area contributed by atoms with Crippen molar-refractivity contribution in [3.05, 3.63) is 58.5 Å². The van der Waals surface area contributed by atoms with Gasteiger partial charge in [0.05, 0.1) is 28.4 Å². The standard InChI is InChI=1S/C26H23N3O7S2/c1-10(30)27-14-6-7-15(31)19-24(35)21-17(38-25(14)19)9-11-8-16(32)20(22(33)18(11)23(21)34)26(36)29-28-12-2-4-13(37)5-3-12/h2-4,6-7,11,17-18,28,31,33,35H,5,8-9H2,1H3,(H,27,30)(H,29,36). The number of ketones is 2. The van der Waals surface area contributed by atoms with Gasteiger partial charge in [0.2, 0.25) is 5.91 Å². The molecule has 12 heteroatoms. The molecule has 0 spiro atoms. The molecule has 38 heavy (non-hydrogen) atoms. The molecular weight excluding hydrogens is 530 g/mol. The summed E-state index contributed by atoms with van der Waals surface area (Å²) >= 11 is 6.26. The highest BCUT2D eigenvalue weighted by molar-refractivity contribution is 8.00. The molecule has 1 saturated carbocycles. The number of hydrazine groups is 1. The molecule has 1 aliphatic heterocycles. The Morgan fingerprint density at radius 1 is 1.13 bits per heavy atom. The Kier molecular flexibility index (Phi) is 6.61. The second-order valence-electron chi connectivity index (χ2n) is 9.35. The number of anilines is 1. The topological polar surface area (TPSA) is 165 Å². The number of thioether (sulfide) groups is 1. The Labute approximate surface area is 226 Å². The first-order valence-electron chi connectivity index (χ1n) is 11.8. The number of aliphatic hydroxyl groups excluding tert-OH is 2. The third kappa shape index (κ3) is 4.39. The summed E-state index contributed by atoms with van der Waals surface area (Å²) < 4.78 is 0. The van der Waals surface area contributed by atoms with E-state index in [0.717, 1.165) is 4.86 Å². The number of aliphatic hydroxyl groups is 2. The van der Waals surface area contributed by atoms with Crippen LogP contribution in [0, 0.1) is 11.8 Å². The third-order valence-electron chi connectivity index (χ3n) is 6.85. The minimum Gasteiger partial charge on any atom is -0.511 e. The van der Waals surface area contributed by atoms with Crippen molar-refractivity contribution >= 4 is 63.7 Å². The van der Waals surface area contributed by atoms with Crippen molar-refractivity contribution < 1.29 is 34.5 Å². The SMILES string of the molecule is CC(=O)Nc1ccc(O)c2c1SC1CC3CC(=O)C(C(=O)NNC4=CCC(=S)C=C4)=C(O)C3C(=O)C1=C2O. The summed E-state index contributed by atoms with van der Waals surface area (Å²) in [6.45, 7) is 1.33. The lowest BCUT2D eigenvalue weighted by Crippen LogP contribution is -2.47. The first kappa shape index (κ1) is 25.7. The Hall–Kier alpha value is -3.90. The van der Waals surface area contributed by atoms with Gasteiger partial charge in [-0.25, -0.2) is 0 Å². The van der Waals surface area contributed by atoms with Crippen molar-refractivity contribution in [2.45, 2.75) is 36.3 Å². The molecule has 5 rings (SSSR count). The first-order valence-corrected chi connectivity index (χ1v) is 13.1. The molecule has 0 bridgehead atoms. The first-order chi connectivity index (χ1) is 18.1. The number of benzene rings is 1. The number of rotatable bonds is 4. The van der Waals surface area contributed by atoms with E-state index < -0.39 is 51.7 Å². The molecule has 0 saturated heterocycles. The quantitative estimate of drug-likeness (QED) is 0.141. The number of amides is 2. The molecule has 4 aliphatic rings. The Balaban J connectivity index is 1.47. The molecule has 0 radical (unpaired) electrons. The van der Waals surface area contributed by atoms with E-state index in [1.54, 1.807) is 18.2 Å². The number of hydrogen-bond acceptors (Lipinski definition) is 10. The molecule has 1 aromatic carbocycles. The molecule has 2 amide bonds. The summed E-state index contributed by atoms with van der Waals surface area (Å²) in [5.41, 5.74) is 5.46. The number of phenolic OH excluding ortho intramolecular Hbond substituents is 1. The minimum absolute atomic E-state index is 0.00474. The number of allylic oxidation sites excluding steroid dienone is 4. The molecule has 6 N–H and O–H groups in total. The smallest absolute Gasteiger partial charge is 0.276 e. The summed E-state index contributed by atoms with van der Waals surface area (Å²) in [7, 11) is 0. The number of carbonyl (C=O) groups excluding carboxylic acids is 4. The van der Waals surface area contributed by atoms with Gasteiger partial charge in [-0.2, -0.15) is 0 Å². The fourth-order valence-electron chi connectivity index (χ4n) is 5.18. The van der Waals surface area contributed by atoms with Crippen LogP contribution in [0.4, 0.5) is 5.69 Å². The van der Waals surface area contributed by atoms with Crippen LogP contribution in [0.2, 0.25) is 0 Å². The van der Waals surface area contributed by atoms with Crippen molar-refractivity contribution in [2.24, 2.45) is 11.8 Å². The van der Waals surface area contributed by atoms with Crippen molar-refractivity contribution in [3.8, 4) is 5.75 Å². The van der Waals surface area contributed by atoms with Gasteiger partial charge in [-0.05, 0) is 36.6 Å². The Morgan fingerprint density at radius 3 is 2.58 bits per heavy atom. The maximum Gasteiger partial charge on any atom is 0.276 e. The van der Waals surface area contributed by atoms with Crippen LogP contribution in [0.15, 0.2) is 57.9 Å². The highest BCUT2D eigenvalue weighted by Gasteiger charge is 2.51. The summed E-state index contributed by atoms with van der Waals surface area (Å²) in [4.78, 5) is 52.2. The van der Waals surface area contributed by atoms with Gasteiger partial charge < -0.3 is 20.6 Å². The molecule has 1 aromatic rings. The lowest BCUT2D eigenvalue weighted by Gasteiger charge is -2.41. The zero-order valence-electron chi connectivity index (χ0n) is 20.0. The lowest BCUT2D eigenvalue weighted by atomic mass is 9.67. The van der Waals surface area contributed by atoms with Crippen molar-refractivity contribution in [1.29, 1.82) is 0 Å². The van der Waals surface area contributed by atoms with Crippen LogP contribution in [0.3, 0.4) is 0 Å². The van der Waals surface area contributed by atoms with Gasteiger partial charge in [-0.15, -0.1) is 11.8 Å². The number of aromatic hydroxyl groups is 1. The second kappa shape index (κ2) is 9.76. The van der Waals surface area contributed by atoms with Crippen LogP contribution in [-0.4, -0.2) is 48.8 Å². The Morgan fingerprint density at radius 2 is 1.89 bits per heavy atom. The molecule has 10 nitrogen and oxygen atoms in total. The summed E-state index contributed by atoms with van der Waals surface area (Å²) in [5, 5.41) is 34.7. The van der Waals surface area contributed by atoms with Gasteiger partial charge in [0.15, 0.2) is 11.6 Å². The van der Waals surface area contributed by atoms with E-state index in [1.165, 1.54) is 30.8 Å². The van der Waals surface area contributed by atoms with Gasteiger partial charge in [0.25, 0.3) is 5.91 Å². The second-order valence-corrected chi connectivity index (χ2v) is 11.1. The normalized spacial score (nSPS) is 24.3. The zero-order chi connectivity index (χ0) is 27.3. The van der Waals surface area contributed by atoms with Crippen LogP contribution < -0.4 is 16.2 Å². The van der Waals surface area contributed by atoms with Crippen molar-refractivity contribution in [2.75, 3.05) is 5.32 Å². The number of fused-ring (bicyclic) bond motifs is 3. The molecule has 3 aliphatic carbocycles. The summed E-state index contributed by atoms with van der Waals surface area (Å²) in [5.74, 6) is -5.63. The van der Waals surface area contributed by atoms with E-state index in [2.05, 4.69) is 16.2 Å². The maximum absolute atomic E-state index is 13.6. The number of hydrogen-bond donors (Lipinski definition) is 6. The van der Waals surface area contributed by atoms with Crippen LogP contribution in [-0.2, 0) is 19.2 Å². The van der Waals surface area contributed by atoms with E-state index in [9.17, 15) is 34.5 Å². The number of phenols is 1. The fraction of sp³-hybridized carbons (Fsp3) is 0.269. The fourth-order valence-corrected chi connectivity index (χ4v) is 6.87. The van der Waals surface area contributed by atoms with Gasteiger partial charge in [0, 0.05) is 34.8 Å². The zero-order valence-corrected chi connectivity index (χ0v) is 21.7. The molecular formula is C26H23N3O7S2. The average molecular weight is 554 g/mol. The van der Waals surface area contributed by atoms with Crippen LogP contribution in [0.1, 0.15) is 31.7 Å². The van der Waals surface area contributed by atoms with Crippen LogP contribution >= 0.6 is 24.0 Å². The van der Waals surface area contributed by atoms with E-state index in [0.29, 0.717) is 22.7 Å². The van der Waals surface area contributed by atoms with Gasteiger partial charge in [0.1, 0.15) is 22.8 Å². The summed E-state index contributed by atoms with van der Waals surface area (Å²) in [6.07, 6.45) is 5.72. The lowest BCUT2D eigenvalue weighted by molar-refractivity contribution is -0.127. The Bertz CT molecular complexity index is 1460. The molecule has 3 unspecified atom stereocenters. The molecule has 3 atom stereocenters. The molecule has 1 fully saturated rings. The van der Waals surface area contributed by atoms with E-state index >= 15 is 0 Å². The molecule has 0 aromatic heterocycles. The van der Waals surface area contributed by atoms with Gasteiger partial charge >= 0.3 is 0 Å². The van der Waals surface area contributed by atoms with Crippen LogP contribution in [0.5, 0.6) is 5.75 Å². The third-order valence-corrected chi connectivity index (χ3v) is 8.53. The predicted octanol–water partition coefficient (Wildman–Crippen LogP) is 2.92. The number of Topliss-reactive ketones (excluding diaryl/α,β-unsaturated/α-hetero) is 2. The van der Waals surface area contributed by atoms with Crippen LogP contribution in [0.25, 0.3) is 5.76 Å². The minimum atomic E-state index is -1.20. The number of thiocarbonyl (C=S) groups is 1. The van der Waals surface area contributed by atoms with Gasteiger partial charge in [-0.3, -0.25) is 30.0 Å². The van der Waals surface area contributed by atoms with E-state index in [1.807, 2.05) is 0 Å². The predicted molar refractivity (Wildman–Crippen MR) is 143 cm³/mol. The van der Waals surface area contributed by atoms with Gasteiger partial charge in [-0.1, -0.05) is 18.3 Å². The molecule has 1 heterocycles. The largest absolute Gasteiger partial charge is 0.511 e. The summed E-state index contributed by atoms with van der Waals surface area (Å²) in [6, 6.07) is 2.80. The van der Waals surface area contributed by atoms with E-state index in [4.69, 9.17) is 12.2 Å². The monoisotopic (exact) mass is 553 g/mol. The molecule has 196 valence electrons. The van der Waals surface area contributed by atoms with E-state index in [-0.39, 0.29) is 35.6 Å². The number of carbonyl (C=O) groups is 4. The highest BCUT2D eigenvalue weighted by atomic mass is 32.2. The van der Waals surface area contributed by atoms with Crippen molar-refractivity contribution in [1.82, 2.24) is 10.9 Å². The average Bonchev–Trinajstić information content (AvgIpc) is 2.84. The highest BCUT2D eigenvalue weighted by Crippen LogP contribution is 2.54.